The van der Waals surface area contributed by atoms with Crippen LogP contribution in [0.25, 0.3) is 0 Å². The molecule has 0 unspecified atom stereocenters. The maximum absolute atomic E-state index is 12.1. The van der Waals surface area contributed by atoms with Crippen molar-refractivity contribution in [3.63, 3.8) is 0 Å². The van der Waals surface area contributed by atoms with Gasteiger partial charge in [-0.25, -0.2) is 0 Å². The molecule has 0 aromatic heterocycles. The molecule has 2 N–H and O–H groups in total. The molecule has 1 amide bonds. The summed E-state index contributed by atoms with van der Waals surface area (Å²) in [5, 5.41) is 0. The maximum Gasteiger partial charge on any atom is 0.227 e. The Labute approximate surface area is 109 Å². The molecule has 3 nitrogen and oxygen atoms in total. The standard InChI is InChI=1S/C15H22N2O/c1-15(2,3)13(16)10-17-9-12-7-5-4-6-11(12)8-14(17)18/h4-7,13H,8-10,16H2,1-3H3/t13-/m1/s1. The lowest BCUT2D eigenvalue weighted by molar-refractivity contribution is -0.132. The number of hydrogen-bond acceptors (Lipinski definition) is 2. The quantitative estimate of drug-likeness (QED) is 0.867. The maximum atomic E-state index is 12.1. The third-order valence-electron chi connectivity index (χ3n) is 3.70. The Bertz CT molecular complexity index is 448. The van der Waals surface area contributed by atoms with Gasteiger partial charge in [-0.15, -0.1) is 0 Å². The van der Waals surface area contributed by atoms with E-state index in [1.807, 2.05) is 23.1 Å². The van der Waals surface area contributed by atoms with Gasteiger partial charge in [0.25, 0.3) is 0 Å². The zero-order chi connectivity index (χ0) is 13.3. The molecule has 1 aromatic rings. The van der Waals surface area contributed by atoms with Crippen LogP contribution < -0.4 is 5.73 Å². The number of benzene rings is 1. The van der Waals surface area contributed by atoms with Crippen LogP contribution in [0.1, 0.15) is 31.9 Å². The lowest BCUT2D eigenvalue weighted by atomic mass is 9.86. The minimum atomic E-state index is 0.00622. The van der Waals surface area contributed by atoms with Crippen molar-refractivity contribution in [3.8, 4) is 0 Å². The molecule has 18 heavy (non-hydrogen) atoms. The topological polar surface area (TPSA) is 46.3 Å². The summed E-state index contributed by atoms with van der Waals surface area (Å²) in [7, 11) is 0. The van der Waals surface area contributed by atoms with Gasteiger partial charge in [-0.05, 0) is 16.5 Å². The van der Waals surface area contributed by atoms with Gasteiger partial charge in [0.15, 0.2) is 0 Å². The van der Waals surface area contributed by atoms with Crippen LogP contribution in [0, 0.1) is 5.41 Å². The van der Waals surface area contributed by atoms with Crippen molar-refractivity contribution in [2.75, 3.05) is 6.54 Å². The first kappa shape index (κ1) is 13.1. The average Bonchev–Trinajstić information content (AvgIpc) is 2.28. The highest BCUT2D eigenvalue weighted by Gasteiger charge is 2.28. The first-order valence-corrected chi connectivity index (χ1v) is 6.48. The van der Waals surface area contributed by atoms with Crippen LogP contribution in [0.4, 0.5) is 0 Å². The van der Waals surface area contributed by atoms with Crippen molar-refractivity contribution < 1.29 is 4.79 Å². The van der Waals surface area contributed by atoms with Crippen LogP contribution in [0.15, 0.2) is 24.3 Å². The molecule has 1 heterocycles. The molecule has 0 bridgehead atoms. The zero-order valence-electron chi connectivity index (χ0n) is 11.4. The van der Waals surface area contributed by atoms with Gasteiger partial charge in [0.1, 0.15) is 0 Å². The van der Waals surface area contributed by atoms with Crippen LogP contribution >= 0.6 is 0 Å². The van der Waals surface area contributed by atoms with Crippen LogP contribution in [0.5, 0.6) is 0 Å². The van der Waals surface area contributed by atoms with Crippen molar-refractivity contribution in [2.45, 2.75) is 39.8 Å². The highest BCUT2D eigenvalue weighted by atomic mass is 16.2. The Morgan fingerprint density at radius 2 is 1.89 bits per heavy atom. The van der Waals surface area contributed by atoms with Crippen LogP contribution in [-0.2, 0) is 17.8 Å². The third-order valence-corrected chi connectivity index (χ3v) is 3.70. The van der Waals surface area contributed by atoms with E-state index in [0.717, 1.165) is 5.56 Å². The van der Waals surface area contributed by atoms with E-state index in [0.29, 0.717) is 19.5 Å². The molecule has 1 aliphatic heterocycles. The number of rotatable bonds is 2. The van der Waals surface area contributed by atoms with Gasteiger partial charge >= 0.3 is 0 Å². The first-order valence-electron chi connectivity index (χ1n) is 6.48. The molecule has 0 spiro atoms. The van der Waals surface area contributed by atoms with Crippen molar-refractivity contribution in [3.05, 3.63) is 35.4 Å². The average molecular weight is 246 g/mol. The molecular formula is C15H22N2O. The second-order valence-electron chi connectivity index (χ2n) is 6.19. The van der Waals surface area contributed by atoms with Gasteiger partial charge in [-0.2, -0.15) is 0 Å². The van der Waals surface area contributed by atoms with Gasteiger partial charge in [0.05, 0.1) is 6.42 Å². The summed E-state index contributed by atoms with van der Waals surface area (Å²) in [6.45, 7) is 7.66. The summed E-state index contributed by atoms with van der Waals surface area (Å²) in [5.74, 6) is 0.188. The Hall–Kier alpha value is -1.35. The van der Waals surface area contributed by atoms with E-state index in [4.69, 9.17) is 5.73 Å². The van der Waals surface area contributed by atoms with E-state index in [1.165, 1.54) is 5.56 Å². The predicted molar refractivity (Wildman–Crippen MR) is 73.0 cm³/mol. The van der Waals surface area contributed by atoms with E-state index < -0.39 is 0 Å². The molecule has 3 heteroatoms. The molecule has 0 radical (unpaired) electrons. The molecule has 0 saturated heterocycles. The van der Waals surface area contributed by atoms with E-state index in [9.17, 15) is 4.79 Å². The van der Waals surface area contributed by atoms with Gasteiger partial charge in [-0.3, -0.25) is 4.79 Å². The monoisotopic (exact) mass is 246 g/mol. The largest absolute Gasteiger partial charge is 0.336 e. The summed E-state index contributed by atoms with van der Waals surface area (Å²) >= 11 is 0. The van der Waals surface area contributed by atoms with E-state index in [1.54, 1.807) is 0 Å². The minimum absolute atomic E-state index is 0.00622. The number of fused-ring (bicyclic) bond motifs is 1. The Balaban J connectivity index is 2.11. The number of carbonyl (C=O) groups excluding carboxylic acids is 1. The van der Waals surface area contributed by atoms with Gasteiger partial charge < -0.3 is 10.6 Å². The van der Waals surface area contributed by atoms with Crippen molar-refractivity contribution in [2.24, 2.45) is 11.1 Å². The number of nitrogens with zero attached hydrogens (tertiary/aromatic N) is 1. The molecule has 1 aromatic carbocycles. The van der Waals surface area contributed by atoms with Crippen LogP contribution in [0.3, 0.4) is 0 Å². The van der Waals surface area contributed by atoms with Crippen molar-refractivity contribution in [1.29, 1.82) is 0 Å². The van der Waals surface area contributed by atoms with E-state index in [2.05, 4.69) is 26.8 Å². The fraction of sp³-hybridized carbons (Fsp3) is 0.533. The molecule has 98 valence electrons. The Morgan fingerprint density at radius 1 is 1.28 bits per heavy atom. The Morgan fingerprint density at radius 3 is 2.50 bits per heavy atom. The highest BCUT2D eigenvalue weighted by molar-refractivity contribution is 5.80. The summed E-state index contributed by atoms with van der Waals surface area (Å²) in [6, 6.07) is 8.15. The molecule has 1 atom stereocenters. The van der Waals surface area contributed by atoms with Crippen LogP contribution in [-0.4, -0.2) is 23.4 Å². The second kappa shape index (κ2) is 4.73. The summed E-state index contributed by atoms with van der Waals surface area (Å²) in [5.41, 5.74) is 8.60. The molecule has 0 fully saturated rings. The second-order valence-corrected chi connectivity index (χ2v) is 6.19. The third kappa shape index (κ3) is 2.72. The number of carbonyl (C=O) groups is 1. The van der Waals surface area contributed by atoms with E-state index in [-0.39, 0.29) is 17.4 Å². The highest BCUT2D eigenvalue weighted by Crippen LogP contribution is 2.23. The van der Waals surface area contributed by atoms with Gasteiger partial charge in [-0.1, -0.05) is 45.0 Å². The van der Waals surface area contributed by atoms with E-state index >= 15 is 0 Å². The lowest BCUT2D eigenvalue weighted by Crippen LogP contribution is -2.48. The molecule has 0 aliphatic carbocycles. The predicted octanol–water partition coefficient (Wildman–Crippen LogP) is 1.94. The van der Waals surface area contributed by atoms with Crippen molar-refractivity contribution in [1.82, 2.24) is 4.90 Å². The Kier molecular flexibility index (Phi) is 3.44. The van der Waals surface area contributed by atoms with Gasteiger partial charge in [0, 0.05) is 19.1 Å². The first-order chi connectivity index (χ1) is 8.38. The van der Waals surface area contributed by atoms with Crippen LogP contribution in [0.2, 0.25) is 0 Å². The molecule has 2 rings (SSSR count). The summed E-state index contributed by atoms with van der Waals surface area (Å²) < 4.78 is 0. The zero-order valence-corrected chi connectivity index (χ0v) is 11.4. The summed E-state index contributed by atoms with van der Waals surface area (Å²) in [6.07, 6.45) is 0.507. The lowest BCUT2D eigenvalue weighted by Gasteiger charge is -2.35. The molecule has 1 aliphatic rings. The number of nitrogens with two attached hydrogens (primary N) is 1. The summed E-state index contributed by atoms with van der Waals surface area (Å²) in [4.78, 5) is 14.0. The number of hydrogen-bond donors (Lipinski definition) is 1. The fourth-order valence-corrected chi connectivity index (χ4v) is 2.13. The fourth-order valence-electron chi connectivity index (χ4n) is 2.13. The molecular weight excluding hydrogens is 224 g/mol. The number of amides is 1. The normalized spacial score (nSPS) is 17.6. The SMILES string of the molecule is CC(C)(C)[C@H](N)CN1Cc2ccccc2CC1=O. The smallest absolute Gasteiger partial charge is 0.227 e. The molecule has 0 saturated carbocycles. The van der Waals surface area contributed by atoms with Gasteiger partial charge in [0.2, 0.25) is 5.91 Å². The van der Waals surface area contributed by atoms with Crippen molar-refractivity contribution >= 4 is 5.91 Å². The minimum Gasteiger partial charge on any atom is -0.336 e.